The molecule has 0 aliphatic heterocycles. The lowest BCUT2D eigenvalue weighted by Gasteiger charge is -2.25. The van der Waals surface area contributed by atoms with E-state index in [4.69, 9.17) is 4.74 Å². The Kier molecular flexibility index (Phi) is 2.99. The first kappa shape index (κ1) is 9.20. The summed E-state index contributed by atoms with van der Waals surface area (Å²) in [6.45, 7) is 0.969. The van der Waals surface area contributed by atoms with Crippen molar-refractivity contribution in [2.45, 2.75) is 44.6 Å². The highest BCUT2D eigenvalue weighted by Crippen LogP contribution is 2.31. The second-order valence-corrected chi connectivity index (χ2v) is 4.45. The Labute approximate surface area is 79.7 Å². The summed E-state index contributed by atoms with van der Waals surface area (Å²) in [5.74, 6) is 1.18. The van der Waals surface area contributed by atoms with Crippen molar-refractivity contribution in [3.63, 3.8) is 0 Å². The maximum absolute atomic E-state index is 10.5. The van der Waals surface area contributed by atoms with Crippen molar-refractivity contribution in [2.24, 2.45) is 11.8 Å². The molecule has 0 unspecified atom stereocenters. The van der Waals surface area contributed by atoms with Gasteiger partial charge in [-0.3, -0.25) is 0 Å². The van der Waals surface area contributed by atoms with Crippen LogP contribution in [0.15, 0.2) is 0 Å². The minimum atomic E-state index is 0.320. The first-order chi connectivity index (χ1) is 6.38. The SMILES string of the molecule is O=C[C@H]1CC[C@H](OCC2CC2)CC1. The Morgan fingerprint density at radius 1 is 1.08 bits per heavy atom. The monoisotopic (exact) mass is 182 g/mol. The molecule has 2 aliphatic rings. The molecule has 0 amide bonds. The van der Waals surface area contributed by atoms with Crippen LogP contribution in [0.4, 0.5) is 0 Å². The van der Waals surface area contributed by atoms with E-state index in [0.717, 1.165) is 44.5 Å². The van der Waals surface area contributed by atoms with Crippen LogP contribution in [0.25, 0.3) is 0 Å². The number of carbonyl (C=O) groups excluding carboxylic acids is 1. The first-order valence-corrected chi connectivity index (χ1v) is 5.45. The van der Waals surface area contributed by atoms with Crippen LogP contribution in [-0.4, -0.2) is 19.0 Å². The van der Waals surface area contributed by atoms with Gasteiger partial charge in [-0.2, -0.15) is 0 Å². The fourth-order valence-electron chi connectivity index (χ4n) is 1.95. The molecule has 2 nitrogen and oxygen atoms in total. The molecule has 0 aromatic rings. The number of ether oxygens (including phenoxy) is 1. The lowest BCUT2D eigenvalue weighted by atomic mass is 9.88. The molecule has 0 N–H and O–H groups in total. The van der Waals surface area contributed by atoms with Crippen LogP contribution in [0, 0.1) is 11.8 Å². The molecule has 0 saturated heterocycles. The quantitative estimate of drug-likeness (QED) is 0.623. The van der Waals surface area contributed by atoms with E-state index in [9.17, 15) is 4.79 Å². The van der Waals surface area contributed by atoms with E-state index in [2.05, 4.69) is 0 Å². The molecule has 0 radical (unpaired) electrons. The van der Waals surface area contributed by atoms with Crippen molar-refractivity contribution >= 4 is 6.29 Å². The topological polar surface area (TPSA) is 26.3 Å². The summed E-state index contributed by atoms with van der Waals surface area (Å²) >= 11 is 0. The largest absolute Gasteiger partial charge is 0.378 e. The van der Waals surface area contributed by atoms with Gasteiger partial charge < -0.3 is 9.53 Å². The van der Waals surface area contributed by atoms with Gasteiger partial charge in [0, 0.05) is 12.5 Å². The van der Waals surface area contributed by atoms with Crippen LogP contribution in [0.2, 0.25) is 0 Å². The lowest BCUT2D eigenvalue weighted by molar-refractivity contribution is -0.112. The second kappa shape index (κ2) is 4.23. The van der Waals surface area contributed by atoms with E-state index >= 15 is 0 Å². The zero-order chi connectivity index (χ0) is 9.10. The van der Waals surface area contributed by atoms with Gasteiger partial charge in [-0.15, -0.1) is 0 Å². The summed E-state index contributed by atoms with van der Waals surface area (Å²) in [6, 6.07) is 0. The molecule has 0 aromatic carbocycles. The third-order valence-electron chi connectivity index (χ3n) is 3.18. The molecule has 2 aliphatic carbocycles. The predicted octanol–water partition coefficient (Wildman–Crippen LogP) is 2.17. The molecular weight excluding hydrogens is 164 g/mol. The van der Waals surface area contributed by atoms with Gasteiger partial charge >= 0.3 is 0 Å². The molecule has 0 bridgehead atoms. The highest BCUT2D eigenvalue weighted by atomic mass is 16.5. The van der Waals surface area contributed by atoms with Gasteiger partial charge in [0.2, 0.25) is 0 Å². The van der Waals surface area contributed by atoms with Gasteiger partial charge in [0.25, 0.3) is 0 Å². The van der Waals surface area contributed by atoms with E-state index in [1.54, 1.807) is 0 Å². The molecule has 2 heteroatoms. The Morgan fingerprint density at radius 2 is 1.77 bits per heavy atom. The van der Waals surface area contributed by atoms with Crippen molar-refractivity contribution in [2.75, 3.05) is 6.61 Å². The van der Waals surface area contributed by atoms with E-state index in [1.807, 2.05) is 0 Å². The smallest absolute Gasteiger partial charge is 0.123 e. The highest BCUT2D eigenvalue weighted by molar-refractivity contribution is 5.53. The van der Waals surface area contributed by atoms with Gasteiger partial charge in [0.1, 0.15) is 6.29 Å². The number of rotatable bonds is 4. The zero-order valence-corrected chi connectivity index (χ0v) is 8.08. The molecule has 0 aromatic heterocycles. The third-order valence-corrected chi connectivity index (χ3v) is 3.18. The van der Waals surface area contributed by atoms with Crippen LogP contribution in [0.1, 0.15) is 38.5 Å². The van der Waals surface area contributed by atoms with Crippen LogP contribution in [0.3, 0.4) is 0 Å². The summed E-state index contributed by atoms with van der Waals surface area (Å²) in [4.78, 5) is 10.5. The molecule has 2 fully saturated rings. The predicted molar refractivity (Wildman–Crippen MR) is 50.5 cm³/mol. The first-order valence-electron chi connectivity index (χ1n) is 5.45. The summed E-state index contributed by atoms with van der Waals surface area (Å²) in [5, 5.41) is 0. The van der Waals surface area contributed by atoms with E-state index in [1.165, 1.54) is 12.8 Å². The Balaban J connectivity index is 1.62. The Hall–Kier alpha value is -0.370. The van der Waals surface area contributed by atoms with E-state index < -0.39 is 0 Å². The number of hydrogen-bond acceptors (Lipinski definition) is 2. The summed E-state index contributed by atoms with van der Waals surface area (Å²) in [7, 11) is 0. The molecule has 0 heterocycles. The average Bonchev–Trinajstić information content (AvgIpc) is 2.99. The van der Waals surface area contributed by atoms with Gasteiger partial charge in [-0.05, 0) is 44.4 Å². The van der Waals surface area contributed by atoms with Crippen LogP contribution in [-0.2, 0) is 9.53 Å². The summed E-state index contributed by atoms with van der Waals surface area (Å²) in [5.41, 5.74) is 0. The fraction of sp³-hybridized carbons (Fsp3) is 0.909. The fourth-order valence-corrected chi connectivity index (χ4v) is 1.95. The summed E-state index contributed by atoms with van der Waals surface area (Å²) in [6.07, 6.45) is 8.56. The van der Waals surface area contributed by atoms with Crippen LogP contribution >= 0.6 is 0 Å². The molecule has 13 heavy (non-hydrogen) atoms. The van der Waals surface area contributed by atoms with Gasteiger partial charge in [-0.25, -0.2) is 0 Å². The maximum atomic E-state index is 10.5. The maximum Gasteiger partial charge on any atom is 0.123 e. The average molecular weight is 182 g/mol. The Bertz CT molecular complexity index is 167. The van der Waals surface area contributed by atoms with Gasteiger partial charge in [0.05, 0.1) is 6.10 Å². The van der Waals surface area contributed by atoms with Crippen molar-refractivity contribution in [1.29, 1.82) is 0 Å². The Morgan fingerprint density at radius 3 is 2.31 bits per heavy atom. The molecule has 2 saturated carbocycles. The van der Waals surface area contributed by atoms with Crippen molar-refractivity contribution in [3.8, 4) is 0 Å². The highest BCUT2D eigenvalue weighted by Gasteiger charge is 2.25. The van der Waals surface area contributed by atoms with Gasteiger partial charge in [0.15, 0.2) is 0 Å². The van der Waals surface area contributed by atoms with Crippen molar-refractivity contribution in [3.05, 3.63) is 0 Å². The van der Waals surface area contributed by atoms with Gasteiger partial charge in [-0.1, -0.05) is 0 Å². The standard InChI is InChI=1S/C11H18O2/c12-7-9-3-5-11(6-4-9)13-8-10-1-2-10/h7,9-11H,1-6,8H2/t9-,11-. The number of carbonyl (C=O) groups is 1. The van der Waals surface area contributed by atoms with Crippen LogP contribution in [0.5, 0.6) is 0 Å². The van der Waals surface area contributed by atoms with Crippen LogP contribution < -0.4 is 0 Å². The lowest BCUT2D eigenvalue weighted by Crippen LogP contribution is -2.23. The molecule has 0 atom stereocenters. The normalized spacial score (nSPS) is 34.5. The number of aldehydes is 1. The molecule has 0 spiro atoms. The van der Waals surface area contributed by atoms with E-state index in [0.29, 0.717) is 12.0 Å². The third kappa shape index (κ3) is 2.80. The summed E-state index contributed by atoms with van der Waals surface area (Å²) < 4.78 is 5.78. The van der Waals surface area contributed by atoms with Crippen molar-refractivity contribution in [1.82, 2.24) is 0 Å². The molecule has 2 rings (SSSR count). The molecule has 74 valence electrons. The number of hydrogen-bond donors (Lipinski definition) is 0. The van der Waals surface area contributed by atoms with Crippen molar-refractivity contribution < 1.29 is 9.53 Å². The van der Waals surface area contributed by atoms with E-state index in [-0.39, 0.29) is 0 Å². The zero-order valence-electron chi connectivity index (χ0n) is 8.08. The second-order valence-electron chi connectivity index (χ2n) is 4.45. The minimum absolute atomic E-state index is 0.320. The molecular formula is C11H18O2. The minimum Gasteiger partial charge on any atom is -0.378 e.